The smallest absolute Gasteiger partial charge is 0.172 e. The first-order valence-corrected chi connectivity index (χ1v) is 11.3. The summed E-state index contributed by atoms with van der Waals surface area (Å²) < 4.78 is 25.6. The Morgan fingerprint density at radius 2 is 2.00 bits per heavy atom. The molecule has 35 heavy (non-hydrogen) atoms. The van der Waals surface area contributed by atoms with Gasteiger partial charge in [0.15, 0.2) is 17.4 Å². The first kappa shape index (κ1) is 21.2. The fourth-order valence-corrected chi connectivity index (χ4v) is 4.20. The number of rotatable bonds is 8. The Hall–Kier alpha value is -4.35. The van der Waals surface area contributed by atoms with Crippen LogP contribution < -0.4 is 9.64 Å². The Kier molecular flexibility index (Phi) is 5.12. The van der Waals surface area contributed by atoms with E-state index in [0.717, 1.165) is 11.3 Å². The van der Waals surface area contributed by atoms with Gasteiger partial charge < -0.3 is 14.0 Å². The minimum absolute atomic E-state index is 0.144. The van der Waals surface area contributed by atoms with Crippen LogP contribution in [-0.2, 0) is 13.1 Å². The Balaban J connectivity index is 1.22. The third-order valence-corrected chi connectivity index (χ3v) is 6.21. The lowest BCUT2D eigenvalue weighted by Gasteiger charge is -2.19. The second-order valence-electron chi connectivity index (χ2n) is 8.70. The van der Waals surface area contributed by atoms with Crippen LogP contribution in [0.25, 0.3) is 11.3 Å². The van der Waals surface area contributed by atoms with Gasteiger partial charge in [0.05, 0.1) is 31.2 Å². The van der Waals surface area contributed by atoms with Crippen molar-refractivity contribution in [3.05, 3.63) is 71.8 Å². The molecule has 0 atom stereocenters. The largest absolute Gasteiger partial charge is 0.494 e. The van der Waals surface area contributed by atoms with Crippen LogP contribution in [0.3, 0.4) is 0 Å². The van der Waals surface area contributed by atoms with Crippen LogP contribution in [-0.4, -0.2) is 58.7 Å². The van der Waals surface area contributed by atoms with Gasteiger partial charge in [0.1, 0.15) is 12.0 Å². The Morgan fingerprint density at radius 1 is 1.11 bits per heavy atom. The molecule has 0 amide bonds. The van der Waals surface area contributed by atoms with Gasteiger partial charge in [-0.15, -0.1) is 10.2 Å². The van der Waals surface area contributed by atoms with E-state index in [1.165, 1.54) is 36.5 Å². The molecule has 4 aromatic heterocycles. The van der Waals surface area contributed by atoms with Crippen molar-refractivity contribution in [2.45, 2.75) is 31.8 Å². The maximum absolute atomic E-state index is 15.2. The zero-order valence-corrected chi connectivity index (χ0v) is 19.3. The molecule has 0 radical (unpaired) electrons. The highest BCUT2D eigenvalue weighted by molar-refractivity contribution is 5.49. The summed E-state index contributed by atoms with van der Waals surface area (Å²) >= 11 is 0. The van der Waals surface area contributed by atoms with E-state index < -0.39 is 5.82 Å². The van der Waals surface area contributed by atoms with Gasteiger partial charge in [-0.1, -0.05) is 11.3 Å². The molecule has 0 spiro atoms. The lowest BCUT2D eigenvalue weighted by atomic mass is 10.1. The number of imidazole rings is 1. The Labute approximate surface area is 199 Å². The van der Waals surface area contributed by atoms with Gasteiger partial charge in [-0.3, -0.25) is 0 Å². The highest BCUT2D eigenvalue weighted by Gasteiger charge is 2.24. The molecule has 0 saturated heterocycles. The number of aromatic nitrogens is 9. The summed E-state index contributed by atoms with van der Waals surface area (Å²) in [5.74, 6) is 0.949. The van der Waals surface area contributed by atoms with Crippen molar-refractivity contribution in [1.82, 2.24) is 44.6 Å². The topological polar surface area (TPSA) is 104 Å². The van der Waals surface area contributed by atoms with Crippen LogP contribution in [0.4, 0.5) is 10.2 Å². The summed E-state index contributed by atoms with van der Waals surface area (Å²) in [4.78, 5) is 6.50. The summed E-state index contributed by atoms with van der Waals surface area (Å²) in [6.45, 7) is 0.680. The zero-order chi connectivity index (χ0) is 23.9. The van der Waals surface area contributed by atoms with Gasteiger partial charge in [-0.2, -0.15) is 0 Å². The highest BCUT2D eigenvalue weighted by Crippen LogP contribution is 2.39. The summed E-state index contributed by atoms with van der Waals surface area (Å²) in [5, 5.41) is 19.7. The third kappa shape index (κ3) is 4.07. The molecule has 178 valence electrons. The second kappa shape index (κ2) is 8.46. The molecule has 5 aromatic rings. The Morgan fingerprint density at radius 3 is 2.77 bits per heavy atom. The van der Waals surface area contributed by atoms with Crippen molar-refractivity contribution in [2.24, 2.45) is 0 Å². The first-order valence-electron chi connectivity index (χ1n) is 11.3. The monoisotopic (exact) mass is 474 g/mol. The molecule has 0 N–H and O–H groups in total. The van der Waals surface area contributed by atoms with Crippen molar-refractivity contribution < 1.29 is 9.13 Å². The number of anilines is 1. The van der Waals surface area contributed by atoms with E-state index in [2.05, 4.69) is 48.6 Å². The van der Waals surface area contributed by atoms with Crippen molar-refractivity contribution in [3.63, 3.8) is 0 Å². The van der Waals surface area contributed by atoms with Crippen LogP contribution in [0.15, 0.2) is 49.2 Å². The van der Waals surface area contributed by atoms with Crippen molar-refractivity contribution in [3.8, 4) is 11.4 Å². The molecule has 6 rings (SSSR count). The second-order valence-corrected chi connectivity index (χ2v) is 8.70. The number of fused-ring (bicyclic) bond motifs is 1. The predicted octanol–water partition coefficient (Wildman–Crippen LogP) is 2.61. The molecule has 1 aromatic carbocycles. The molecule has 12 heteroatoms. The average molecular weight is 475 g/mol. The van der Waals surface area contributed by atoms with Gasteiger partial charge >= 0.3 is 0 Å². The van der Waals surface area contributed by atoms with E-state index in [9.17, 15) is 0 Å². The summed E-state index contributed by atoms with van der Waals surface area (Å²) in [7, 11) is 3.25. The van der Waals surface area contributed by atoms with Crippen molar-refractivity contribution >= 4 is 11.5 Å². The van der Waals surface area contributed by atoms with E-state index in [1.54, 1.807) is 21.7 Å². The molecule has 1 saturated carbocycles. The van der Waals surface area contributed by atoms with Crippen LogP contribution in [0.2, 0.25) is 0 Å². The minimum Gasteiger partial charge on any atom is -0.494 e. The predicted molar refractivity (Wildman–Crippen MR) is 124 cm³/mol. The third-order valence-electron chi connectivity index (χ3n) is 6.21. The normalized spacial score (nSPS) is 13.5. The fourth-order valence-electron chi connectivity index (χ4n) is 4.20. The summed E-state index contributed by atoms with van der Waals surface area (Å²) in [6.07, 6.45) is 9.95. The molecular formula is C23H23FN10O. The molecule has 1 aliphatic carbocycles. The minimum atomic E-state index is -0.477. The number of hydrogen-bond donors (Lipinski definition) is 0. The Bertz CT molecular complexity index is 1490. The van der Waals surface area contributed by atoms with Crippen LogP contribution in [0.5, 0.6) is 5.75 Å². The number of methoxy groups -OCH3 is 1. The number of hydrogen-bond acceptors (Lipinski definition) is 8. The standard InChI is InChI=1S/C23H23FN10O/c1-31(12-18-19(34-14-25-28-30-34)6-7-20(35-2)23(18)24)22-13-33(29-27-22)11-17-10-32-9-16(15-3-4-15)5-8-21(32)26-17/h5-10,13-15H,3-4,11-12H2,1-2H3. The van der Waals surface area contributed by atoms with Crippen LogP contribution in [0.1, 0.15) is 35.6 Å². The first-order chi connectivity index (χ1) is 17.1. The summed E-state index contributed by atoms with van der Waals surface area (Å²) in [6, 6.07) is 7.49. The van der Waals surface area contributed by atoms with E-state index >= 15 is 4.39 Å². The zero-order valence-electron chi connectivity index (χ0n) is 19.3. The van der Waals surface area contributed by atoms with Gasteiger partial charge in [0.25, 0.3) is 0 Å². The lowest BCUT2D eigenvalue weighted by Crippen LogP contribution is -2.20. The number of halogens is 1. The quantitative estimate of drug-likeness (QED) is 0.338. The van der Waals surface area contributed by atoms with E-state index in [-0.39, 0.29) is 12.3 Å². The summed E-state index contributed by atoms with van der Waals surface area (Å²) in [5.41, 5.74) is 4.04. The lowest BCUT2D eigenvalue weighted by molar-refractivity contribution is 0.383. The van der Waals surface area contributed by atoms with E-state index in [1.807, 2.05) is 19.4 Å². The number of pyridine rings is 1. The van der Waals surface area contributed by atoms with Gasteiger partial charge in [-0.25, -0.2) is 18.7 Å². The number of benzene rings is 1. The maximum atomic E-state index is 15.2. The molecule has 0 unspecified atom stereocenters. The van der Waals surface area contributed by atoms with Gasteiger partial charge in [0, 0.05) is 31.5 Å². The highest BCUT2D eigenvalue weighted by atomic mass is 19.1. The van der Waals surface area contributed by atoms with Crippen molar-refractivity contribution in [2.75, 3.05) is 19.1 Å². The van der Waals surface area contributed by atoms with Gasteiger partial charge in [0.2, 0.25) is 0 Å². The number of tetrazole rings is 1. The van der Waals surface area contributed by atoms with E-state index in [0.29, 0.717) is 29.5 Å². The molecule has 1 fully saturated rings. The average Bonchev–Trinajstić information content (AvgIpc) is 3.23. The van der Waals surface area contributed by atoms with E-state index in [4.69, 9.17) is 9.72 Å². The SMILES string of the molecule is COc1ccc(-n2cnnn2)c(CN(C)c2cn(Cc3cn4cc(C5CC5)ccc4n3)nn2)c1F. The number of ether oxygens (including phenoxy) is 1. The van der Waals surface area contributed by atoms with Crippen LogP contribution in [0, 0.1) is 5.82 Å². The van der Waals surface area contributed by atoms with Gasteiger partial charge in [-0.05, 0) is 52.9 Å². The fraction of sp³-hybridized carbons (Fsp3) is 0.304. The molecule has 0 aliphatic heterocycles. The molecular weight excluding hydrogens is 451 g/mol. The molecule has 0 bridgehead atoms. The van der Waals surface area contributed by atoms with Crippen molar-refractivity contribution in [1.29, 1.82) is 0 Å². The van der Waals surface area contributed by atoms with Crippen LogP contribution >= 0.6 is 0 Å². The number of nitrogens with zero attached hydrogens (tertiary/aromatic N) is 10. The molecule has 11 nitrogen and oxygen atoms in total. The molecule has 1 aliphatic rings. The maximum Gasteiger partial charge on any atom is 0.172 e. The molecule has 4 heterocycles.